The van der Waals surface area contributed by atoms with Crippen molar-refractivity contribution in [2.75, 3.05) is 6.61 Å². The largest absolute Gasteiger partial charge is 0.460 e. The summed E-state index contributed by atoms with van der Waals surface area (Å²) in [4.78, 5) is 23.4. The van der Waals surface area contributed by atoms with Crippen LogP contribution in [0.5, 0.6) is 0 Å². The molecule has 0 N–H and O–H groups in total. The average Bonchev–Trinajstić information content (AvgIpc) is 2.19. The van der Waals surface area contributed by atoms with Gasteiger partial charge in [0.25, 0.3) is 0 Å². The number of hydrogen-bond donors (Lipinski definition) is 0. The van der Waals surface area contributed by atoms with Crippen LogP contribution in [0, 0.1) is 5.41 Å². The summed E-state index contributed by atoms with van der Waals surface area (Å²) in [6.45, 7) is 7.34. The smallest absolute Gasteiger partial charge is 0.319 e. The molecule has 1 aliphatic rings. The first kappa shape index (κ1) is 12.0. The maximum Gasteiger partial charge on any atom is 0.319 e. The Bertz CT molecular complexity index is 293. The van der Waals surface area contributed by atoms with Crippen LogP contribution < -0.4 is 0 Å². The van der Waals surface area contributed by atoms with Crippen molar-refractivity contribution < 1.29 is 14.3 Å². The number of carbonyl (C=O) groups excluding carboxylic acids is 2. The Morgan fingerprint density at radius 1 is 1.53 bits per heavy atom. The molecule has 84 valence electrons. The summed E-state index contributed by atoms with van der Waals surface area (Å²) < 4.78 is 5.06. The van der Waals surface area contributed by atoms with Crippen LogP contribution in [0.15, 0.2) is 12.2 Å². The molecule has 1 atom stereocenters. The van der Waals surface area contributed by atoms with Gasteiger partial charge in [0.2, 0.25) is 0 Å². The van der Waals surface area contributed by atoms with E-state index < -0.39 is 11.4 Å². The molecular weight excluding hydrogens is 192 g/mol. The molecule has 3 nitrogen and oxygen atoms in total. The van der Waals surface area contributed by atoms with Crippen molar-refractivity contribution in [2.45, 2.75) is 39.5 Å². The summed E-state index contributed by atoms with van der Waals surface area (Å²) in [7, 11) is 0. The van der Waals surface area contributed by atoms with Crippen LogP contribution in [0.4, 0.5) is 0 Å². The van der Waals surface area contributed by atoms with E-state index in [2.05, 4.69) is 6.58 Å². The molecule has 15 heavy (non-hydrogen) atoms. The molecule has 1 rings (SSSR count). The van der Waals surface area contributed by atoms with Gasteiger partial charge in [0.15, 0.2) is 0 Å². The molecule has 0 radical (unpaired) electrons. The van der Waals surface area contributed by atoms with Crippen LogP contribution in [-0.2, 0) is 14.3 Å². The van der Waals surface area contributed by atoms with Crippen LogP contribution in [0.3, 0.4) is 0 Å². The lowest BCUT2D eigenvalue weighted by Crippen LogP contribution is -2.40. The fourth-order valence-corrected chi connectivity index (χ4v) is 1.74. The molecule has 0 heterocycles. The van der Waals surface area contributed by atoms with Gasteiger partial charge in [-0.2, -0.15) is 0 Å². The van der Waals surface area contributed by atoms with Crippen molar-refractivity contribution in [3.05, 3.63) is 12.2 Å². The van der Waals surface area contributed by atoms with Crippen molar-refractivity contribution in [3.8, 4) is 0 Å². The van der Waals surface area contributed by atoms with Crippen LogP contribution in [0.1, 0.15) is 39.5 Å². The Morgan fingerprint density at radius 2 is 2.20 bits per heavy atom. The Kier molecular flexibility index (Phi) is 3.66. The molecule has 0 bridgehead atoms. The third-order valence-electron chi connectivity index (χ3n) is 2.85. The van der Waals surface area contributed by atoms with Crippen LogP contribution in [0.2, 0.25) is 0 Å². The molecule has 0 saturated heterocycles. The van der Waals surface area contributed by atoms with E-state index in [4.69, 9.17) is 4.74 Å². The second-order valence-electron chi connectivity index (χ2n) is 4.50. The molecule has 0 aromatic carbocycles. The summed E-state index contributed by atoms with van der Waals surface area (Å²) in [5.74, 6) is -0.379. The van der Waals surface area contributed by atoms with Gasteiger partial charge in [-0.15, -0.1) is 0 Å². The Labute approximate surface area is 90.5 Å². The molecule has 3 heteroatoms. The third-order valence-corrected chi connectivity index (χ3v) is 2.85. The van der Waals surface area contributed by atoms with Gasteiger partial charge in [-0.1, -0.05) is 13.0 Å². The first-order chi connectivity index (χ1) is 6.97. The monoisotopic (exact) mass is 210 g/mol. The molecule has 1 aliphatic carbocycles. The number of esters is 1. The highest BCUT2D eigenvalue weighted by Gasteiger charge is 2.43. The predicted molar refractivity (Wildman–Crippen MR) is 57.4 cm³/mol. The van der Waals surface area contributed by atoms with Gasteiger partial charge in [0.1, 0.15) is 17.8 Å². The van der Waals surface area contributed by atoms with E-state index in [0.29, 0.717) is 12.8 Å². The summed E-state index contributed by atoms with van der Waals surface area (Å²) in [5.41, 5.74) is -0.122. The Morgan fingerprint density at radius 3 is 2.73 bits per heavy atom. The van der Waals surface area contributed by atoms with Crippen molar-refractivity contribution in [2.24, 2.45) is 5.41 Å². The summed E-state index contributed by atoms with van der Waals surface area (Å²) in [6.07, 6.45) is 2.92. The van der Waals surface area contributed by atoms with E-state index in [1.54, 1.807) is 13.8 Å². The van der Waals surface area contributed by atoms with Crippen LogP contribution >= 0.6 is 0 Å². The molecule has 1 saturated carbocycles. The molecule has 0 aromatic heterocycles. The molecule has 0 amide bonds. The second-order valence-corrected chi connectivity index (χ2v) is 4.50. The minimum absolute atomic E-state index is 0.0143. The average molecular weight is 210 g/mol. The van der Waals surface area contributed by atoms with Crippen molar-refractivity contribution in [3.63, 3.8) is 0 Å². The number of hydrogen-bond acceptors (Lipinski definition) is 3. The van der Waals surface area contributed by atoms with Crippen molar-refractivity contribution >= 4 is 11.8 Å². The number of ether oxygens (including phenoxy) is 1. The van der Waals surface area contributed by atoms with Gasteiger partial charge in [-0.05, 0) is 32.3 Å². The van der Waals surface area contributed by atoms with E-state index in [1.807, 2.05) is 0 Å². The standard InChI is InChI=1S/C12H18O3/c1-9(2)8-15-11(14)12(3)7-5-4-6-10(12)13/h1,4-8H2,2-3H3/t12-/m1/s1. The highest BCUT2D eigenvalue weighted by atomic mass is 16.5. The molecule has 0 aliphatic heterocycles. The van der Waals surface area contributed by atoms with E-state index in [0.717, 1.165) is 18.4 Å². The fraction of sp³-hybridized carbons (Fsp3) is 0.667. The molecule has 0 unspecified atom stereocenters. The minimum atomic E-state index is -0.909. The first-order valence-electron chi connectivity index (χ1n) is 5.32. The van der Waals surface area contributed by atoms with Gasteiger partial charge in [0.05, 0.1) is 0 Å². The summed E-state index contributed by atoms with van der Waals surface area (Å²) in [6, 6.07) is 0. The molecule has 0 spiro atoms. The first-order valence-corrected chi connectivity index (χ1v) is 5.32. The minimum Gasteiger partial charge on any atom is -0.460 e. The number of carbonyl (C=O) groups is 2. The van der Waals surface area contributed by atoms with E-state index in [9.17, 15) is 9.59 Å². The summed E-state index contributed by atoms with van der Waals surface area (Å²) in [5, 5.41) is 0. The van der Waals surface area contributed by atoms with Gasteiger partial charge in [-0.25, -0.2) is 0 Å². The zero-order chi connectivity index (χ0) is 11.5. The Balaban J connectivity index is 2.63. The third kappa shape index (κ3) is 2.67. The quantitative estimate of drug-likeness (QED) is 0.407. The second kappa shape index (κ2) is 4.60. The highest BCUT2D eigenvalue weighted by Crippen LogP contribution is 2.33. The predicted octanol–water partition coefficient (Wildman–Crippen LogP) is 2.26. The number of Topliss-reactive ketones (excluding diaryl/α,β-unsaturated/α-hetero) is 1. The van der Waals surface area contributed by atoms with E-state index in [-0.39, 0.29) is 12.4 Å². The zero-order valence-electron chi connectivity index (χ0n) is 9.47. The lowest BCUT2D eigenvalue weighted by atomic mass is 9.74. The van der Waals surface area contributed by atoms with Gasteiger partial charge in [-0.3, -0.25) is 9.59 Å². The fourth-order valence-electron chi connectivity index (χ4n) is 1.74. The lowest BCUT2D eigenvalue weighted by molar-refractivity contribution is -0.160. The zero-order valence-corrected chi connectivity index (χ0v) is 9.47. The van der Waals surface area contributed by atoms with E-state index in [1.165, 1.54) is 0 Å². The van der Waals surface area contributed by atoms with Crippen LogP contribution in [0.25, 0.3) is 0 Å². The normalized spacial score (nSPS) is 26.1. The Hall–Kier alpha value is -1.12. The summed E-state index contributed by atoms with van der Waals surface area (Å²) >= 11 is 0. The van der Waals surface area contributed by atoms with Crippen LogP contribution in [-0.4, -0.2) is 18.4 Å². The molecule has 0 aromatic rings. The maximum atomic E-state index is 11.8. The van der Waals surface area contributed by atoms with Gasteiger partial charge in [0, 0.05) is 6.42 Å². The molecule has 1 fully saturated rings. The van der Waals surface area contributed by atoms with Gasteiger partial charge >= 0.3 is 5.97 Å². The van der Waals surface area contributed by atoms with E-state index >= 15 is 0 Å². The lowest BCUT2D eigenvalue weighted by Gasteiger charge is -2.29. The van der Waals surface area contributed by atoms with Gasteiger partial charge < -0.3 is 4.74 Å². The molecular formula is C12H18O3. The van der Waals surface area contributed by atoms with Crippen molar-refractivity contribution in [1.29, 1.82) is 0 Å². The van der Waals surface area contributed by atoms with Crippen molar-refractivity contribution in [1.82, 2.24) is 0 Å². The topological polar surface area (TPSA) is 43.4 Å². The SMILES string of the molecule is C=C(C)COC(=O)[C@]1(C)CCCCC1=O. The number of rotatable bonds is 3. The maximum absolute atomic E-state index is 11.8. The number of ketones is 1. The highest BCUT2D eigenvalue weighted by molar-refractivity contribution is 6.03.